The molecule has 5 nitrogen and oxygen atoms in total. The molecule has 0 unspecified atom stereocenters. The fourth-order valence-corrected chi connectivity index (χ4v) is 3.84. The number of hydrogen-bond donors (Lipinski definition) is 0. The molecule has 0 spiro atoms. The van der Waals surface area contributed by atoms with Gasteiger partial charge in [0.05, 0.1) is 12.0 Å². The Morgan fingerprint density at radius 3 is 2.50 bits per heavy atom. The first-order chi connectivity index (χ1) is 11.6. The minimum atomic E-state index is -0.0581. The van der Waals surface area contributed by atoms with E-state index in [0.29, 0.717) is 6.54 Å². The van der Waals surface area contributed by atoms with E-state index in [2.05, 4.69) is 24.1 Å². The van der Waals surface area contributed by atoms with E-state index < -0.39 is 0 Å². The molecule has 130 valence electrons. The average molecular weight is 329 g/mol. The molecule has 2 aliphatic heterocycles. The molecule has 2 heterocycles. The Hall–Kier alpha value is -1.88. The lowest BCUT2D eigenvalue weighted by Gasteiger charge is -2.43. The van der Waals surface area contributed by atoms with Gasteiger partial charge in [-0.15, -0.1) is 0 Å². The highest BCUT2D eigenvalue weighted by molar-refractivity contribution is 5.81. The molecule has 3 rings (SSSR count). The van der Waals surface area contributed by atoms with Crippen LogP contribution in [0.2, 0.25) is 0 Å². The molecule has 1 aromatic carbocycles. The number of piperazine rings is 1. The standard InChI is InChI=1S/C19H27N3O2/c1-15(23)21-10-6-9-17(13-21)19(24)22-12-11-20(2)14-18(22)16-7-4-3-5-8-16/h3-5,7-8,17-18H,6,9-14H2,1-2H3/t17-,18-/m1/s1. The summed E-state index contributed by atoms with van der Waals surface area (Å²) in [4.78, 5) is 31.0. The highest BCUT2D eigenvalue weighted by Crippen LogP contribution is 2.28. The number of amides is 2. The van der Waals surface area contributed by atoms with Crippen LogP contribution in [0.3, 0.4) is 0 Å². The molecule has 0 saturated carbocycles. The first kappa shape index (κ1) is 17.0. The van der Waals surface area contributed by atoms with Gasteiger partial charge in [0.1, 0.15) is 0 Å². The van der Waals surface area contributed by atoms with Crippen molar-refractivity contribution in [1.82, 2.24) is 14.7 Å². The number of carbonyl (C=O) groups is 2. The summed E-state index contributed by atoms with van der Waals surface area (Å²) >= 11 is 0. The zero-order valence-corrected chi connectivity index (χ0v) is 14.6. The summed E-state index contributed by atoms with van der Waals surface area (Å²) in [7, 11) is 2.11. The van der Waals surface area contributed by atoms with E-state index in [9.17, 15) is 9.59 Å². The van der Waals surface area contributed by atoms with Crippen LogP contribution in [0.4, 0.5) is 0 Å². The highest BCUT2D eigenvalue weighted by atomic mass is 16.2. The van der Waals surface area contributed by atoms with Crippen LogP contribution in [0.5, 0.6) is 0 Å². The second-order valence-corrected chi connectivity index (χ2v) is 7.02. The largest absolute Gasteiger partial charge is 0.342 e. The molecule has 2 amide bonds. The lowest BCUT2D eigenvalue weighted by Crippen LogP contribution is -2.53. The van der Waals surface area contributed by atoms with Crippen LogP contribution in [0, 0.1) is 5.92 Å². The molecule has 0 aromatic heterocycles. The van der Waals surface area contributed by atoms with E-state index in [1.165, 1.54) is 5.56 Å². The highest BCUT2D eigenvalue weighted by Gasteiger charge is 2.36. The number of carbonyl (C=O) groups excluding carboxylic acids is 2. The Bertz CT molecular complexity index is 590. The zero-order valence-electron chi connectivity index (χ0n) is 14.6. The number of likely N-dealkylation sites (N-methyl/N-ethyl adjacent to an activating group) is 1. The third kappa shape index (κ3) is 3.61. The van der Waals surface area contributed by atoms with Crippen molar-refractivity contribution in [3.05, 3.63) is 35.9 Å². The van der Waals surface area contributed by atoms with Crippen LogP contribution < -0.4 is 0 Å². The van der Waals surface area contributed by atoms with Gasteiger partial charge in [-0.3, -0.25) is 9.59 Å². The number of benzene rings is 1. The number of rotatable bonds is 2. The molecule has 0 N–H and O–H groups in total. The molecule has 0 radical (unpaired) electrons. The maximum Gasteiger partial charge on any atom is 0.228 e. The normalized spacial score (nSPS) is 25.6. The van der Waals surface area contributed by atoms with Gasteiger partial charge in [-0.25, -0.2) is 0 Å². The van der Waals surface area contributed by atoms with E-state index in [0.717, 1.165) is 39.0 Å². The molecule has 2 atom stereocenters. The summed E-state index contributed by atoms with van der Waals surface area (Å²) in [5, 5.41) is 0. The summed E-state index contributed by atoms with van der Waals surface area (Å²) in [5.41, 5.74) is 1.19. The maximum absolute atomic E-state index is 13.2. The molecular weight excluding hydrogens is 302 g/mol. The van der Waals surface area contributed by atoms with Gasteiger partial charge in [0.15, 0.2) is 0 Å². The minimum absolute atomic E-state index is 0.0581. The number of nitrogens with zero attached hydrogens (tertiary/aromatic N) is 3. The fraction of sp³-hybridized carbons (Fsp3) is 0.579. The molecule has 1 aromatic rings. The quantitative estimate of drug-likeness (QED) is 0.830. The van der Waals surface area contributed by atoms with Crippen molar-refractivity contribution < 1.29 is 9.59 Å². The summed E-state index contributed by atoms with van der Waals surface area (Å²) < 4.78 is 0. The fourth-order valence-electron chi connectivity index (χ4n) is 3.84. The van der Waals surface area contributed by atoms with Crippen molar-refractivity contribution in [2.24, 2.45) is 5.92 Å². The van der Waals surface area contributed by atoms with E-state index in [-0.39, 0.29) is 23.8 Å². The molecule has 0 aliphatic carbocycles. The third-order valence-corrected chi connectivity index (χ3v) is 5.27. The summed E-state index contributed by atoms with van der Waals surface area (Å²) in [5.74, 6) is 0.227. The molecule has 2 fully saturated rings. The second-order valence-electron chi connectivity index (χ2n) is 7.02. The van der Waals surface area contributed by atoms with E-state index in [1.807, 2.05) is 28.0 Å². The topological polar surface area (TPSA) is 43.9 Å². The van der Waals surface area contributed by atoms with Crippen LogP contribution in [0.15, 0.2) is 30.3 Å². The Kier molecular flexibility index (Phi) is 5.19. The average Bonchev–Trinajstić information content (AvgIpc) is 2.62. The third-order valence-electron chi connectivity index (χ3n) is 5.27. The zero-order chi connectivity index (χ0) is 17.1. The SMILES string of the molecule is CC(=O)N1CCC[C@@H](C(=O)N2CCN(C)C[C@@H]2c2ccccc2)C1. The van der Waals surface area contributed by atoms with Crippen molar-refractivity contribution in [1.29, 1.82) is 0 Å². The van der Waals surface area contributed by atoms with Crippen LogP contribution >= 0.6 is 0 Å². The van der Waals surface area contributed by atoms with Gasteiger partial charge in [0, 0.05) is 39.6 Å². The lowest BCUT2D eigenvalue weighted by molar-refractivity contribution is -0.144. The van der Waals surface area contributed by atoms with Crippen molar-refractivity contribution >= 4 is 11.8 Å². The van der Waals surface area contributed by atoms with E-state index in [4.69, 9.17) is 0 Å². The van der Waals surface area contributed by atoms with Crippen LogP contribution in [0.25, 0.3) is 0 Å². The number of piperidine rings is 1. The van der Waals surface area contributed by atoms with E-state index >= 15 is 0 Å². The van der Waals surface area contributed by atoms with Crippen molar-refractivity contribution in [2.75, 3.05) is 39.8 Å². The second kappa shape index (κ2) is 7.34. The predicted octanol–water partition coefficient (Wildman–Crippen LogP) is 1.76. The van der Waals surface area contributed by atoms with Gasteiger partial charge < -0.3 is 14.7 Å². The minimum Gasteiger partial charge on any atom is -0.342 e. The first-order valence-electron chi connectivity index (χ1n) is 8.85. The van der Waals surface area contributed by atoms with E-state index in [1.54, 1.807) is 6.92 Å². The van der Waals surface area contributed by atoms with Crippen LogP contribution in [-0.4, -0.2) is 66.3 Å². The Morgan fingerprint density at radius 1 is 1.04 bits per heavy atom. The number of hydrogen-bond acceptors (Lipinski definition) is 3. The van der Waals surface area contributed by atoms with Crippen molar-refractivity contribution in [2.45, 2.75) is 25.8 Å². The summed E-state index contributed by atoms with van der Waals surface area (Å²) in [6.45, 7) is 5.46. The first-order valence-corrected chi connectivity index (χ1v) is 8.85. The molecule has 24 heavy (non-hydrogen) atoms. The summed E-state index contributed by atoms with van der Waals surface area (Å²) in [6.07, 6.45) is 1.80. The van der Waals surface area contributed by atoms with Gasteiger partial charge >= 0.3 is 0 Å². The van der Waals surface area contributed by atoms with Gasteiger partial charge in [-0.1, -0.05) is 30.3 Å². The van der Waals surface area contributed by atoms with Gasteiger partial charge in [-0.05, 0) is 25.5 Å². The lowest BCUT2D eigenvalue weighted by atomic mass is 9.94. The maximum atomic E-state index is 13.2. The molecule has 5 heteroatoms. The van der Waals surface area contributed by atoms with Crippen LogP contribution in [-0.2, 0) is 9.59 Å². The Morgan fingerprint density at radius 2 is 1.79 bits per heavy atom. The molecule has 2 aliphatic rings. The Labute approximate surface area is 144 Å². The molecule has 0 bridgehead atoms. The number of likely N-dealkylation sites (tertiary alicyclic amines) is 1. The summed E-state index contributed by atoms with van der Waals surface area (Å²) in [6, 6.07) is 10.4. The molecule has 2 saturated heterocycles. The predicted molar refractivity (Wildman–Crippen MR) is 93.4 cm³/mol. The Balaban J connectivity index is 1.77. The van der Waals surface area contributed by atoms with Gasteiger partial charge in [0.25, 0.3) is 0 Å². The van der Waals surface area contributed by atoms with Crippen LogP contribution in [0.1, 0.15) is 31.4 Å². The molecular formula is C19H27N3O2. The van der Waals surface area contributed by atoms with Crippen molar-refractivity contribution in [3.63, 3.8) is 0 Å². The monoisotopic (exact) mass is 329 g/mol. The van der Waals surface area contributed by atoms with Gasteiger partial charge in [0.2, 0.25) is 11.8 Å². The van der Waals surface area contributed by atoms with Gasteiger partial charge in [-0.2, -0.15) is 0 Å². The van der Waals surface area contributed by atoms with Crippen molar-refractivity contribution in [3.8, 4) is 0 Å². The smallest absolute Gasteiger partial charge is 0.228 e.